The van der Waals surface area contributed by atoms with Gasteiger partial charge in [-0.1, -0.05) is 36.7 Å². The highest BCUT2D eigenvalue weighted by molar-refractivity contribution is 5.96. The number of hydrogen-bond acceptors (Lipinski definition) is 5. The number of hydrogen-bond donors (Lipinski definition) is 0. The maximum atomic E-state index is 12.6. The number of aryl methyl sites for hydroxylation is 1. The van der Waals surface area contributed by atoms with Crippen LogP contribution >= 0.6 is 0 Å². The number of rotatable bonds is 6. The lowest BCUT2D eigenvalue weighted by Gasteiger charge is -2.16. The third-order valence-corrected chi connectivity index (χ3v) is 5.24. The van der Waals surface area contributed by atoms with E-state index in [1.807, 2.05) is 18.2 Å². The molecule has 1 aromatic heterocycles. The van der Waals surface area contributed by atoms with Crippen molar-refractivity contribution in [2.75, 3.05) is 11.4 Å². The molecular weight excluding hydrogens is 364 g/mol. The summed E-state index contributed by atoms with van der Waals surface area (Å²) in [5.41, 5.74) is 3.43. The molecule has 2 heterocycles. The highest BCUT2D eigenvalue weighted by atomic mass is 16.5. The monoisotopic (exact) mass is 386 g/mol. The fourth-order valence-electron chi connectivity index (χ4n) is 3.59. The van der Waals surface area contributed by atoms with Gasteiger partial charge in [0, 0.05) is 30.1 Å². The van der Waals surface area contributed by atoms with E-state index in [1.54, 1.807) is 23.1 Å². The Morgan fingerprint density at radius 3 is 2.83 bits per heavy atom. The van der Waals surface area contributed by atoms with E-state index >= 15 is 0 Å². The van der Waals surface area contributed by atoms with Crippen molar-refractivity contribution < 1.29 is 9.32 Å². The van der Waals surface area contributed by atoms with E-state index in [-0.39, 0.29) is 11.8 Å². The molecule has 2 aromatic carbocycles. The summed E-state index contributed by atoms with van der Waals surface area (Å²) in [5, 5.41) is 13.1. The molecule has 1 fully saturated rings. The van der Waals surface area contributed by atoms with Gasteiger partial charge in [0.05, 0.1) is 11.6 Å². The summed E-state index contributed by atoms with van der Waals surface area (Å²) in [4.78, 5) is 18.9. The summed E-state index contributed by atoms with van der Waals surface area (Å²) in [7, 11) is 0. The van der Waals surface area contributed by atoms with Crippen LogP contribution in [0.15, 0.2) is 53.1 Å². The summed E-state index contributed by atoms with van der Waals surface area (Å²) in [6, 6.07) is 17.4. The minimum Gasteiger partial charge on any atom is -0.334 e. The van der Waals surface area contributed by atoms with Crippen molar-refractivity contribution in [1.29, 1.82) is 5.26 Å². The summed E-state index contributed by atoms with van der Waals surface area (Å²) in [6.45, 7) is 2.71. The number of nitrogens with zero attached hydrogens (tertiary/aromatic N) is 4. The Hall–Kier alpha value is -3.46. The SMILES string of the molecule is CCCCc1ccc(N2CC(c3noc(-c4cccc(C#N)c4)n3)CC2=O)cc1. The maximum Gasteiger partial charge on any atom is 0.257 e. The van der Waals surface area contributed by atoms with E-state index < -0.39 is 0 Å². The number of nitriles is 1. The zero-order valence-electron chi connectivity index (χ0n) is 16.3. The van der Waals surface area contributed by atoms with Crippen molar-refractivity contribution in [3.63, 3.8) is 0 Å². The van der Waals surface area contributed by atoms with Gasteiger partial charge in [-0.05, 0) is 48.7 Å². The van der Waals surface area contributed by atoms with E-state index in [4.69, 9.17) is 9.78 Å². The Labute approximate surface area is 169 Å². The molecule has 1 unspecified atom stereocenters. The van der Waals surface area contributed by atoms with Crippen molar-refractivity contribution in [2.24, 2.45) is 0 Å². The average molecular weight is 386 g/mol. The number of carbonyl (C=O) groups is 1. The molecule has 6 heteroatoms. The van der Waals surface area contributed by atoms with Gasteiger partial charge in [-0.2, -0.15) is 10.2 Å². The molecule has 1 aliphatic rings. The van der Waals surface area contributed by atoms with Gasteiger partial charge in [-0.15, -0.1) is 0 Å². The molecule has 0 bridgehead atoms. The van der Waals surface area contributed by atoms with E-state index in [0.29, 0.717) is 35.8 Å². The van der Waals surface area contributed by atoms with Gasteiger partial charge in [-0.25, -0.2) is 0 Å². The Balaban J connectivity index is 1.48. The molecule has 0 aliphatic carbocycles. The molecule has 1 saturated heterocycles. The molecule has 4 rings (SSSR count). The zero-order valence-corrected chi connectivity index (χ0v) is 16.3. The normalized spacial score (nSPS) is 16.2. The largest absolute Gasteiger partial charge is 0.334 e. The van der Waals surface area contributed by atoms with Crippen molar-refractivity contribution in [2.45, 2.75) is 38.5 Å². The number of carbonyl (C=O) groups excluding carboxylic acids is 1. The molecule has 1 amide bonds. The van der Waals surface area contributed by atoms with Gasteiger partial charge < -0.3 is 9.42 Å². The van der Waals surface area contributed by atoms with Gasteiger partial charge in [-0.3, -0.25) is 4.79 Å². The third kappa shape index (κ3) is 4.04. The summed E-state index contributed by atoms with van der Waals surface area (Å²) in [5.74, 6) is 0.842. The third-order valence-electron chi connectivity index (χ3n) is 5.24. The van der Waals surface area contributed by atoms with Crippen LogP contribution in [0.4, 0.5) is 5.69 Å². The van der Waals surface area contributed by atoms with Crippen LogP contribution in [0.25, 0.3) is 11.5 Å². The Bertz CT molecular complexity index is 1050. The molecule has 0 saturated carbocycles. The first-order chi connectivity index (χ1) is 14.2. The Morgan fingerprint density at radius 1 is 1.24 bits per heavy atom. The van der Waals surface area contributed by atoms with Crippen LogP contribution in [0.3, 0.4) is 0 Å². The first-order valence-electron chi connectivity index (χ1n) is 9.91. The van der Waals surface area contributed by atoms with Crippen molar-refractivity contribution in [1.82, 2.24) is 10.1 Å². The highest BCUT2D eigenvalue weighted by Gasteiger charge is 2.34. The van der Waals surface area contributed by atoms with Crippen LogP contribution in [0.5, 0.6) is 0 Å². The average Bonchev–Trinajstić information content (AvgIpc) is 3.40. The van der Waals surface area contributed by atoms with Crippen LogP contribution in [-0.4, -0.2) is 22.6 Å². The minimum absolute atomic E-state index is 0.0640. The van der Waals surface area contributed by atoms with Crippen LogP contribution < -0.4 is 4.90 Å². The van der Waals surface area contributed by atoms with E-state index in [1.165, 1.54) is 18.4 Å². The number of amides is 1. The lowest BCUT2D eigenvalue weighted by Crippen LogP contribution is -2.24. The van der Waals surface area contributed by atoms with Crippen LogP contribution in [0.1, 0.15) is 49.1 Å². The van der Waals surface area contributed by atoms with Crippen molar-refractivity contribution in [3.8, 4) is 17.5 Å². The standard InChI is InChI=1S/C23H22N4O2/c1-2-3-5-16-8-10-20(11-9-16)27-15-19(13-21(27)28)22-25-23(29-26-22)18-7-4-6-17(12-18)14-24/h4,6-12,19H,2-3,5,13,15H2,1H3. The number of anilines is 1. The lowest BCUT2D eigenvalue weighted by molar-refractivity contribution is -0.117. The predicted molar refractivity (Wildman–Crippen MR) is 109 cm³/mol. The van der Waals surface area contributed by atoms with Gasteiger partial charge in [0.2, 0.25) is 5.91 Å². The molecule has 3 aromatic rings. The molecule has 0 N–H and O–H groups in total. The van der Waals surface area contributed by atoms with Crippen LogP contribution in [0.2, 0.25) is 0 Å². The number of benzene rings is 2. The second-order valence-corrected chi connectivity index (χ2v) is 7.33. The van der Waals surface area contributed by atoms with Gasteiger partial charge in [0.1, 0.15) is 0 Å². The van der Waals surface area contributed by atoms with Crippen LogP contribution in [0, 0.1) is 11.3 Å². The quantitative estimate of drug-likeness (QED) is 0.624. The summed E-state index contributed by atoms with van der Waals surface area (Å²) in [6.07, 6.45) is 3.75. The van der Waals surface area contributed by atoms with Gasteiger partial charge in [0.25, 0.3) is 5.89 Å². The molecule has 29 heavy (non-hydrogen) atoms. The second-order valence-electron chi connectivity index (χ2n) is 7.33. The summed E-state index contributed by atoms with van der Waals surface area (Å²) < 4.78 is 5.39. The zero-order chi connectivity index (χ0) is 20.2. The summed E-state index contributed by atoms with van der Waals surface area (Å²) >= 11 is 0. The first kappa shape index (κ1) is 18.9. The smallest absolute Gasteiger partial charge is 0.257 e. The topological polar surface area (TPSA) is 83.0 Å². The predicted octanol–water partition coefficient (Wildman–Crippen LogP) is 4.47. The Morgan fingerprint density at radius 2 is 2.07 bits per heavy atom. The molecule has 6 nitrogen and oxygen atoms in total. The van der Waals surface area contributed by atoms with E-state index in [9.17, 15) is 4.79 Å². The molecule has 0 spiro atoms. The fourth-order valence-corrected chi connectivity index (χ4v) is 3.59. The van der Waals surface area contributed by atoms with E-state index in [0.717, 1.165) is 12.1 Å². The number of unbranched alkanes of at least 4 members (excludes halogenated alkanes) is 1. The second kappa shape index (κ2) is 8.27. The molecule has 146 valence electrons. The lowest BCUT2D eigenvalue weighted by atomic mass is 10.1. The first-order valence-corrected chi connectivity index (χ1v) is 9.91. The maximum absolute atomic E-state index is 12.6. The van der Waals surface area contributed by atoms with Gasteiger partial charge >= 0.3 is 0 Å². The highest BCUT2D eigenvalue weighted by Crippen LogP contribution is 2.32. The minimum atomic E-state index is -0.112. The van der Waals surface area contributed by atoms with Gasteiger partial charge in [0.15, 0.2) is 5.82 Å². The van der Waals surface area contributed by atoms with E-state index in [2.05, 4.69) is 35.3 Å². The molecule has 0 radical (unpaired) electrons. The Kier molecular flexibility index (Phi) is 5.39. The van der Waals surface area contributed by atoms with Crippen LogP contribution in [-0.2, 0) is 11.2 Å². The fraction of sp³-hybridized carbons (Fsp3) is 0.304. The molecule has 1 atom stereocenters. The van der Waals surface area contributed by atoms with Crippen molar-refractivity contribution in [3.05, 3.63) is 65.5 Å². The molecular formula is C23H22N4O2. The van der Waals surface area contributed by atoms with Crippen molar-refractivity contribution >= 4 is 11.6 Å². The number of aromatic nitrogens is 2. The molecule has 1 aliphatic heterocycles.